The van der Waals surface area contributed by atoms with Crippen LogP contribution in [0.3, 0.4) is 0 Å². The van der Waals surface area contributed by atoms with Crippen LogP contribution in [0.4, 0.5) is 0 Å². The maximum atomic E-state index is 5.77. The molecule has 0 aliphatic carbocycles. The van der Waals surface area contributed by atoms with Gasteiger partial charge in [-0.15, -0.1) is 0 Å². The van der Waals surface area contributed by atoms with Crippen molar-refractivity contribution < 1.29 is 4.74 Å². The van der Waals surface area contributed by atoms with E-state index < -0.39 is 0 Å². The Kier molecular flexibility index (Phi) is 4.90. The molecule has 0 unspecified atom stereocenters. The first-order chi connectivity index (χ1) is 6.67. The molecule has 84 valence electrons. The summed E-state index contributed by atoms with van der Waals surface area (Å²) in [6, 6.07) is 0. The molecule has 0 radical (unpaired) electrons. The number of ether oxygens (including phenoxy) is 1. The Morgan fingerprint density at radius 3 is 2.07 bits per heavy atom. The smallest absolute Gasteiger partial charge is 0.140 e. The number of hydrogen-bond acceptors (Lipinski definition) is 2. The van der Waals surface area contributed by atoms with Crippen LogP contribution in [-0.4, -0.2) is 11.8 Å². The van der Waals surface area contributed by atoms with Gasteiger partial charge in [0.2, 0.25) is 0 Å². The largest absolute Gasteiger partial charge is 0.351 e. The van der Waals surface area contributed by atoms with E-state index in [-0.39, 0.29) is 5.72 Å². The zero-order chi connectivity index (χ0) is 10.4. The van der Waals surface area contributed by atoms with Crippen LogP contribution in [0.5, 0.6) is 0 Å². The molecule has 0 aromatic carbocycles. The second-order valence-corrected chi connectivity index (χ2v) is 4.70. The van der Waals surface area contributed by atoms with Gasteiger partial charge in [-0.2, -0.15) is 0 Å². The molecule has 2 heteroatoms. The highest BCUT2D eigenvalue weighted by molar-refractivity contribution is 4.92. The maximum Gasteiger partial charge on any atom is 0.140 e. The highest BCUT2D eigenvalue weighted by atomic mass is 16.6. The average molecular weight is 199 g/mol. The zero-order valence-electron chi connectivity index (χ0n) is 9.72. The van der Waals surface area contributed by atoms with E-state index >= 15 is 0 Å². The Bertz CT molecular complexity index is 156. The van der Waals surface area contributed by atoms with Crippen LogP contribution in [0.15, 0.2) is 0 Å². The average Bonchev–Trinajstić information content (AvgIpc) is 2.73. The predicted molar refractivity (Wildman–Crippen MR) is 60.1 cm³/mol. The van der Waals surface area contributed by atoms with Crippen LogP contribution in [0.1, 0.15) is 65.2 Å². The Labute approximate surface area is 88.2 Å². The molecule has 0 aromatic heterocycles. The zero-order valence-corrected chi connectivity index (χ0v) is 9.72. The van der Waals surface area contributed by atoms with Crippen molar-refractivity contribution in [2.45, 2.75) is 77.0 Å². The molecule has 2 nitrogen and oxygen atoms in total. The molecule has 1 aliphatic heterocycles. The molecule has 0 saturated carbocycles. The number of epoxide rings is 1. The molecule has 2 atom stereocenters. The summed E-state index contributed by atoms with van der Waals surface area (Å²) in [5.41, 5.74) is 5.48. The third-order valence-electron chi connectivity index (χ3n) is 3.05. The van der Waals surface area contributed by atoms with Gasteiger partial charge in [0, 0.05) is 0 Å². The van der Waals surface area contributed by atoms with Crippen LogP contribution < -0.4 is 5.73 Å². The van der Waals surface area contributed by atoms with Crippen LogP contribution in [0, 0.1) is 0 Å². The summed E-state index contributed by atoms with van der Waals surface area (Å²) in [7, 11) is 0. The topological polar surface area (TPSA) is 38.5 Å². The Morgan fingerprint density at radius 1 is 1.07 bits per heavy atom. The van der Waals surface area contributed by atoms with Gasteiger partial charge < -0.3 is 10.5 Å². The molecule has 0 bridgehead atoms. The van der Waals surface area contributed by atoms with Gasteiger partial charge in [-0.3, -0.25) is 0 Å². The highest BCUT2D eigenvalue weighted by Crippen LogP contribution is 2.34. The maximum absolute atomic E-state index is 5.77. The molecule has 0 amide bonds. The third kappa shape index (κ3) is 4.43. The Balaban J connectivity index is 1.77. The second kappa shape index (κ2) is 5.72. The lowest BCUT2D eigenvalue weighted by Gasteiger charge is -2.00. The van der Waals surface area contributed by atoms with E-state index in [1.165, 1.54) is 44.9 Å². The van der Waals surface area contributed by atoms with Gasteiger partial charge in [0.1, 0.15) is 11.8 Å². The van der Waals surface area contributed by atoms with Gasteiger partial charge in [-0.05, 0) is 13.3 Å². The van der Waals surface area contributed by atoms with Crippen molar-refractivity contribution in [3.63, 3.8) is 0 Å². The van der Waals surface area contributed by atoms with E-state index in [4.69, 9.17) is 10.5 Å². The molecule has 1 heterocycles. The molecular formula is C12H25NO. The SMILES string of the molecule is CCCCCCCCC[C@H]1O[C@]1(C)N. The quantitative estimate of drug-likeness (QED) is 0.481. The standard InChI is InChI=1S/C12H25NO/c1-3-4-5-6-7-8-9-10-11-12(2,13)14-11/h11H,3-10,13H2,1-2H3/t11-,12+/m1/s1. The number of rotatable bonds is 8. The summed E-state index contributed by atoms with van der Waals surface area (Å²) in [5.74, 6) is 0. The number of nitrogens with two attached hydrogens (primary N) is 1. The molecule has 1 fully saturated rings. The molecule has 1 aliphatic rings. The Morgan fingerprint density at radius 2 is 1.57 bits per heavy atom. The van der Waals surface area contributed by atoms with Gasteiger partial charge in [0.15, 0.2) is 0 Å². The molecule has 2 N–H and O–H groups in total. The summed E-state index contributed by atoms with van der Waals surface area (Å²) in [5, 5.41) is 0. The second-order valence-electron chi connectivity index (χ2n) is 4.70. The van der Waals surface area contributed by atoms with Gasteiger partial charge >= 0.3 is 0 Å². The lowest BCUT2D eigenvalue weighted by Crippen LogP contribution is -2.22. The van der Waals surface area contributed by atoms with Crippen molar-refractivity contribution in [3.05, 3.63) is 0 Å². The van der Waals surface area contributed by atoms with Gasteiger partial charge in [-0.1, -0.05) is 51.9 Å². The van der Waals surface area contributed by atoms with Crippen LogP contribution >= 0.6 is 0 Å². The molecule has 0 spiro atoms. The number of hydrogen-bond donors (Lipinski definition) is 1. The summed E-state index contributed by atoms with van der Waals surface area (Å²) in [6.45, 7) is 4.23. The summed E-state index contributed by atoms with van der Waals surface area (Å²) in [6.07, 6.45) is 11.1. The molecule has 1 rings (SSSR count). The van der Waals surface area contributed by atoms with Crippen molar-refractivity contribution in [1.29, 1.82) is 0 Å². The van der Waals surface area contributed by atoms with E-state index in [0.29, 0.717) is 6.10 Å². The first-order valence-electron chi connectivity index (χ1n) is 6.13. The van der Waals surface area contributed by atoms with E-state index in [1.54, 1.807) is 0 Å². The monoisotopic (exact) mass is 199 g/mol. The van der Waals surface area contributed by atoms with Crippen molar-refractivity contribution in [2.24, 2.45) is 5.73 Å². The summed E-state index contributed by atoms with van der Waals surface area (Å²) < 4.78 is 5.33. The lowest BCUT2D eigenvalue weighted by molar-refractivity contribution is 0.309. The van der Waals surface area contributed by atoms with E-state index in [2.05, 4.69) is 6.92 Å². The van der Waals surface area contributed by atoms with Crippen molar-refractivity contribution in [2.75, 3.05) is 0 Å². The minimum atomic E-state index is -0.289. The summed E-state index contributed by atoms with van der Waals surface area (Å²) in [4.78, 5) is 0. The third-order valence-corrected chi connectivity index (χ3v) is 3.05. The molecule has 1 saturated heterocycles. The van der Waals surface area contributed by atoms with Crippen LogP contribution in [-0.2, 0) is 4.74 Å². The van der Waals surface area contributed by atoms with Crippen LogP contribution in [0.2, 0.25) is 0 Å². The van der Waals surface area contributed by atoms with Gasteiger partial charge in [0.05, 0.1) is 0 Å². The minimum Gasteiger partial charge on any atom is -0.351 e. The molecule has 14 heavy (non-hydrogen) atoms. The van der Waals surface area contributed by atoms with Crippen molar-refractivity contribution in [3.8, 4) is 0 Å². The number of unbranched alkanes of at least 4 members (excludes halogenated alkanes) is 6. The van der Waals surface area contributed by atoms with Crippen LogP contribution in [0.25, 0.3) is 0 Å². The fraction of sp³-hybridized carbons (Fsp3) is 1.00. The minimum absolute atomic E-state index is 0.289. The first kappa shape index (κ1) is 12.0. The Hall–Kier alpha value is -0.0800. The van der Waals surface area contributed by atoms with Crippen molar-refractivity contribution in [1.82, 2.24) is 0 Å². The van der Waals surface area contributed by atoms with Gasteiger partial charge in [0.25, 0.3) is 0 Å². The fourth-order valence-electron chi connectivity index (χ4n) is 1.90. The first-order valence-corrected chi connectivity index (χ1v) is 6.13. The van der Waals surface area contributed by atoms with E-state index in [0.717, 1.165) is 6.42 Å². The normalized spacial score (nSPS) is 30.6. The molecular weight excluding hydrogens is 174 g/mol. The fourth-order valence-corrected chi connectivity index (χ4v) is 1.90. The van der Waals surface area contributed by atoms with Crippen molar-refractivity contribution >= 4 is 0 Å². The molecule has 0 aromatic rings. The van der Waals surface area contributed by atoms with E-state index in [9.17, 15) is 0 Å². The predicted octanol–water partition coefficient (Wildman–Crippen LogP) is 3.20. The lowest BCUT2D eigenvalue weighted by atomic mass is 10.1. The van der Waals surface area contributed by atoms with Gasteiger partial charge in [-0.25, -0.2) is 0 Å². The van der Waals surface area contributed by atoms with E-state index in [1.807, 2.05) is 6.92 Å². The highest BCUT2D eigenvalue weighted by Gasteiger charge is 2.47. The summed E-state index contributed by atoms with van der Waals surface area (Å²) >= 11 is 0.